The molecule has 0 radical (unpaired) electrons. The average molecular weight is 285 g/mol. The minimum atomic E-state index is 0.682. The van der Waals surface area contributed by atoms with E-state index in [9.17, 15) is 0 Å². The number of hydrogen-bond acceptors (Lipinski definition) is 4. The fourth-order valence-electron chi connectivity index (χ4n) is 2.10. The van der Waals surface area contributed by atoms with E-state index in [-0.39, 0.29) is 0 Å². The van der Waals surface area contributed by atoms with Crippen LogP contribution < -0.4 is 10.1 Å². The van der Waals surface area contributed by atoms with Gasteiger partial charge in [0.2, 0.25) is 5.88 Å². The molecule has 2 aromatic rings. The number of ether oxygens (including phenoxy) is 1. The third-order valence-corrected chi connectivity index (χ3v) is 3.34. The van der Waals surface area contributed by atoms with Crippen molar-refractivity contribution in [3.05, 3.63) is 53.5 Å². The van der Waals surface area contributed by atoms with Gasteiger partial charge in [-0.05, 0) is 49.6 Å². The first kappa shape index (κ1) is 15.4. The molecule has 21 heavy (non-hydrogen) atoms. The molecule has 0 spiro atoms. The summed E-state index contributed by atoms with van der Waals surface area (Å²) in [5, 5.41) is 3.31. The summed E-state index contributed by atoms with van der Waals surface area (Å²) in [4.78, 5) is 8.51. The topological polar surface area (TPSA) is 47.0 Å². The van der Waals surface area contributed by atoms with Gasteiger partial charge in [0.25, 0.3) is 0 Å². The van der Waals surface area contributed by atoms with Gasteiger partial charge in [0.05, 0.1) is 6.61 Å². The molecule has 0 saturated carbocycles. The molecule has 0 bridgehead atoms. The third kappa shape index (κ3) is 5.16. The Kier molecular flexibility index (Phi) is 6.16. The van der Waals surface area contributed by atoms with Crippen LogP contribution in [0.2, 0.25) is 0 Å². The smallest absolute Gasteiger partial charge is 0.213 e. The largest absolute Gasteiger partial charge is 0.478 e. The monoisotopic (exact) mass is 285 g/mol. The van der Waals surface area contributed by atoms with Crippen molar-refractivity contribution in [2.45, 2.75) is 33.2 Å². The van der Waals surface area contributed by atoms with Crippen LogP contribution in [0.25, 0.3) is 0 Å². The van der Waals surface area contributed by atoms with E-state index in [2.05, 4.69) is 28.3 Å². The maximum Gasteiger partial charge on any atom is 0.213 e. The molecule has 2 rings (SSSR count). The normalized spacial score (nSPS) is 10.6. The van der Waals surface area contributed by atoms with E-state index in [4.69, 9.17) is 4.74 Å². The highest BCUT2D eigenvalue weighted by atomic mass is 16.5. The molecule has 0 amide bonds. The summed E-state index contributed by atoms with van der Waals surface area (Å²) in [6.45, 7) is 6.63. The number of nitrogens with zero attached hydrogens (tertiary/aromatic N) is 2. The lowest BCUT2D eigenvalue weighted by Gasteiger charge is -2.09. The summed E-state index contributed by atoms with van der Waals surface area (Å²) in [6, 6.07) is 8.12. The van der Waals surface area contributed by atoms with Gasteiger partial charge in [-0.15, -0.1) is 0 Å². The number of rotatable bonds is 8. The van der Waals surface area contributed by atoms with Crippen LogP contribution in [0.15, 0.2) is 36.7 Å². The Bertz CT molecular complexity index is 543. The lowest BCUT2D eigenvalue weighted by molar-refractivity contribution is 0.298. The molecule has 0 aromatic carbocycles. The molecule has 0 saturated heterocycles. The summed E-state index contributed by atoms with van der Waals surface area (Å²) >= 11 is 0. The molecule has 2 heterocycles. The van der Waals surface area contributed by atoms with Gasteiger partial charge in [-0.3, -0.25) is 4.98 Å². The molecule has 4 nitrogen and oxygen atoms in total. The van der Waals surface area contributed by atoms with Crippen LogP contribution in [0.4, 0.5) is 0 Å². The van der Waals surface area contributed by atoms with Crippen LogP contribution >= 0.6 is 0 Å². The Labute approximate surface area is 126 Å². The van der Waals surface area contributed by atoms with E-state index in [0.717, 1.165) is 31.6 Å². The van der Waals surface area contributed by atoms with E-state index in [1.807, 2.05) is 37.5 Å². The minimum absolute atomic E-state index is 0.682. The Morgan fingerprint density at radius 3 is 2.67 bits per heavy atom. The van der Waals surface area contributed by atoms with Crippen molar-refractivity contribution in [3.63, 3.8) is 0 Å². The number of aryl methyl sites for hydroxylation is 2. The van der Waals surface area contributed by atoms with Crippen molar-refractivity contribution in [2.24, 2.45) is 0 Å². The molecule has 4 heteroatoms. The van der Waals surface area contributed by atoms with Crippen LogP contribution in [0.1, 0.15) is 30.2 Å². The second-order valence-corrected chi connectivity index (χ2v) is 4.98. The standard InChI is InChI=1S/C17H23N3O/c1-3-18-13-16-6-7-17(20-14(16)2)21-12-4-5-15-8-10-19-11-9-15/h6-11,18H,3-5,12-13H2,1-2H3. The Balaban J connectivity index is 1.77. The lowest BCUT2D eigenvalue weighted by atomic mass is 10.1. The van der Waals surface area contributed by atoms with Crippen molar-refractivity contribution >= 4 is 0 Å². The van der Waals surface area contributed by atoms with Crippen molar-refractivity contribution in [2.75, 3.05) is 13.2 Å². The number of pyridine rings is 2. The summed E-state index contributed by atoms with van der Waals surface area (Å²) in [7, 11) is 0. The summed E-state index contributed by atoms with van der Waals surface area (Å²) in [5.74, 6) is 0.711. The van der Waals surface area contributed by atoms with Crippen molar-refractivity contribution in [1.82, 2.24) is 15.3 Å². The van der Waals surface area contributed by atoms with E-state index >= 15 is 0 Å². The maximum atomic E-state index is 5.72. The van der Waals surface area contributed by atoms with Gasteiger partial charge in [0.1, 0.15) is 0 Å². The molecule has 0 aliphatic rings. The van der Waals surface area contributed by atoms with Gasteiger partial charge in [-0.1, -0.05) is 13.0 Å². The summed E-state index contributed by atoms with van der Waals surface area (Å²) < 4.78 is 5.72. The fourth-order valence-corrected chi connectivity index (χ4v) is 2.10. The highest BCUT2D eigenvalue weighted by Gasteiger charge is 2.02. The van der Waals surface area contributed by atoms with Gasteiger partial charge in [0, 0.05) is 30.7 Å². The highest BCUT2D eigenvalue weighted by Crippen LogP contribution is 2.13. The molecule has 1 N–H and O–H groups in total. The zero-order chi connectivity index (χ0) is 14.9. The molecule has 0 aliphatic carbocycles. The maximum absolute atomic E-state index is 5.72. The molecule has 0 atom stereocenters. The minimum Gasteiger partial charge on any atom is -0.478 e. The third-order valence-electron chi connectivity index (χ3n) is 3.34. The Morgan fingerprint density at radius 2 is 1.95 bits per heavy atom. The van der Waals surface area contributed by atoms with Gasteiger partial charge < -0.3 is 10.1 Å². The van der Waals surface area contributed by atoms with E-state index in [1.54, 1.807) is 0 Å². The van der Waals surface area contributed by atoms with Crippen LogP contribution in [0.3, 0.4) is 0 Å². The Morgan fingerprint density at radius 1 is 1.14 bits per heavy atom. The second-order valence-electron chi connectivity index (χ2n) is 4.98. The summed E-state index contributed by atoms with van der Waals surface area (Å²) in [5.41, 5.74) is 3.54. The first-order valence-corrected chi connectivity index (χ1v) is 7.48. The predicted octanol–water partition coefficient (Wildman–Crippen LogP) is 2.91. The SMILES string of the molecule is CCNCc1ccc(OCCCc2ccncc2)nc1C. The van der Waals surface area contributed by atoms with Gasteiger partial charge in [-0.2, -0.15) is 0 Å². The molecule has 0 aliphatic heterocycles. The van der Waals surface area contributed by atoms with E-state index in [0.29, 0.717) is 12.5 Å². The lowest BCUT2D eigenvalue weighted by Crippen LogP contribution is -2.13. The molecular weight excluding hydrogens is 262 g/mol. The van der Waals surface area contributed by atoms with Crippen molar-refractivity contribution in [3.8, 4) is 5.88 Å². The predicted molar refractivity (Wildman–Crippen MR) is 84.4 cm³/mol. The van der Waals surface area contributed by atoms with Crippen LogP contribution in [0, 0.1) is 6.92 Å². The highest BCUT2D eigenvalue weighted by molar-refractivity contribution is 5.24. The van der Waals surface area contributed by atoms with E-state index < -0.39 is 0 Å². The molecule has 112 valence electrons. The molecular formula is C17H23N3O. The van der Waals surface area contributed by atoms with Gasteiger partial charge in [0.15, 0.2) is 0 Å². The fraction of sp³-hybridized carbons (Fsp3) is 0.412. The van der Waals surface area contributed by atoms with Crippen molar-refractivity contribution < 1.29 is 4.74 Å². The molecule has 2 aromatic heterocycles. The number of aromatic nitrogens is 2. The zero-order valence-corrected chi connectivity index (χ0v) is 12.8. The van der Waals surface area contributed by atoms with Gasteiger partial charge >= 0.3 is 0 Å². The average Bonchev–Trinajstić information content (AvgIpc) is 2.52. The quantitative estimate of drug-likeness (QED) is 0.758. The second kappa shape index (κ2) is 8.37. The van der Waals surface area contributed by atoms with E-state index in [1.165, 1.54) is 11.1 Å². The van der Waals surface area contributed by atoms with Crippen molar-refractivity contribution in [1.29, 1.82) is 0 Å². The zero-order valence-electron chi connectivity index (χ0n) is 12.8. The first-order chi connectivity index (χ1) is 10.3. The van der Waals surface area contributed by atoms with Gasteiger partial charge in [-0.25, -0.2) is 4.98 Å². The number of nitrogens with one attached hydrogen (secondary N) is 1. The van der Waals surface area contributed by atoms with Crippen LogP contribution in [0.5, 0.6) is 5.88 Å². The molecule has 0 unspecified atom stereocenters. The Hall–Kier alpha value is -1.94. The number of hydrogen-bond donors (Lipinski definition) is 1. The van der Waals surface area contributed by atoms with Crippen LogP contribution in [-0.4, -0.2) is 23.1 Å². The first-order valence-electron chi connectivity index (χ1n) is 7.48. The molecule has 0 fully saturated rings. The van der Waals surface area contributed by atoms with Crippen LogP contribution in [-0.2, 0) is 13.0 Å². The summed E-state index contributed by atoms with van der Waals surface area (Å²) in [6.07, 6.45) is 5.62.